The summed E-state index contributed by atoms with van der Waals surface area (Å²) in [4.78, 5) is 4.83. The van der Waals surface area contributed by atoms with Crippen molar-refractivity contribution >= 4 is 77.7 Å². The Kier molecular flexibility index (Phi) is 17.3. The number of fused-ring (bicyclic) bond motifs is 12. The van der Waals surface area contributed by atoms with Crippen molar-refractivity contribution in [2.75, 3.05) is 9.80 Å². The van der Waals surface area contributed by atoms with Crippen molar-refractivity contribution in [3.63, 3.8) is 0 Å². The number of nitrogens with zero attached hydrogens (tertiary/aromatic N) is 4. The molecular formula is C112H79FN4. The number of rotatable bonds is 14. The lowest BCUT2D eigenvalue weighted by Gasteiger charge is -2.35. The largest absolute Gasteiger partial charge is 0.310 e. The van der Waals surface area contributed by atoms with Gasteiger partial charge < -0.3 is 18.9 Å². The third kappa shape index (κ3) is 11.9. The van der Waals surface area contributed by atoms with Gasteiger partial charge >= 0.3 is 0 Å². The number of para-hydroxylation sites is 6. The third-order valence-corrected chi connectivity index (χ3v) is 24.6. The monoisotopic (exact) mass is 1500 g/mol. The van der Waals surface area contributed by atoms with E-state index in [0.717, 1.165) is 56.5 Å². The topological polar surface area (TPSA) is 16.3 Å². The van der Waals surface area contributed by atoms with Crippen LogP contribution in [0.4, 0.5) is 38.5 Å². The maximum Gasteiger partial charge on any atom is 0.123 e. The van der Waals surface area contributed by atoms with E-state index in [0.29, 0.717) is 0 Å². The molecule has 0 aliphatic heterocycles. The Labute approximate surface area is 681 Å². The standard InChI is InChI=1S/C56H39FN2.C56H40N2/c1-56(50-18-8-5-15-46(50)47-16-6-9-19-51(47)56)52-20-10-12-22-55(52)58(44-32-25-39(26-33-44)38-23-30-42(57)31-24-38)45-34-27-40(28-35-45)41-29-36-54-49(37-41)48-17-7-11-21-53(48)59(54)43-13-3-2-4-14-43;1-56(50-23-11-8-20-46(50)47-21-9-12-24-51(47)56)52-25-13-15-27-55(52)57(44-33-28-40(29-34-44)39-16-4-2-5-17-39)45-35-30-41(31-36-45)42-32-37-54-49(38-42)48-22-10-14-26-53(48)58(54)43-18-6-3-7-19-43/h2-37H,1H3;2-38H,1H3. The van der Waals surface area contributed by atoms with Gasteiger partial charge in [-0.25, -0.2) is 4.39 Å². The molecule has 2 aromatic heterocycles. The highest BCUT2D eigenvalue weighted by atomic mass is 19.1. The van der Waals surface area contributed by atoms with Crippen molar-refractivity contribution < 1.29 is 4.39 Å². The summed E-state index contributed by atoms with van der Waals surface area (Å²) >= 11 is 0. The second kappa shape index (κ2) is 28.9. The van der Waals surface area contributed by atoms with Gasteiger partial charge in [-0.1, -0.05) is 309 Å². The van der Waals surface area contributed by atoms with Crippen LogP contribution in [0.1, 0.15) is 47.2 Å². The summed E-state index contributed by atoms with van der Waals surface area (Å²) in [6, 6.07) is 159. The second-order valence-corrected chi connectivity index (χ2v) is 31.0. The van der Waals surface area contributed by atoms with Crippen molar-refractivity contribution in [1.29, 1.82) is 0 Å². The Morgan fingerprint density at radius 2 is 0.453 bits per heavy atom. The van der Waals surface area contributed by atoms with E-state index >= 15 is 0 Å². The van der Waals surface area contributed by atoms with Gasteiger partial charge in [0.05, 0.1) is 33.4 Å². The lowest BCUT2D eigenvalue weighted by atomic mass is 9.73. The third-order valence-electron chi connectivity index (χ3n) is 24.6. The highest BCUT2D eigenvalue weighted by Crippen LogP contribution is 2.58. The molecule has 0 N–H and O–H groups in total. The molecule has 0 bridgehead atoms. The van der Waals surface area contributed by atoms with Gasteiger partial charge in [0, 0.05) is 66.5 Å². The van der Waals surface area contributed by atoms with Gasteiger partial charge in [0.25, 0.3) is 0 Å². The molecule has 0 amide bonds. The van der Waals surface area contributed by atoms with Crippen LogP contribution >= 0.6 is 0 Å². The molecule has 0 radical (unpaired) electrons. The van der Waals surface area contributed by atoms with Crippen LogP contribution in [0.15, 0.2) is 443 Å². The summed E-state index contributed by atoms with van der Waals surface area (Å²) in [6.07, 6.45) is 0. The Bertz CT molecular complexity index is 7040. The highest BCUT2D eigenvalue weighted by Gasteiger charge is 2.44. The van der Waals surface area contributed by atoms with Crippen LogP contribution in [0.3, 0.4) is 0 Å². The fourth-order valence-corrected chi connectivity index (χ4v) is 19.0. The number of aromatic nitrogens is 2. The van der Waals surface area contributed by atoms with Gasteiger partial charge in [0.2, 0.25) is 0 Å². The average Bonchev–Trinajstić information content (AvgIpc) is 1.56. The first-order chi connectivity index (χ1) is 57.7. The summed E-state index contributed by atoms with van der Waals surface area (Å²) in [7, 11) is 0. The lowest BCUT2D eigenvalue weighted by molar-refractivity contribution is 0.628. The number of halogens is 1. The molecule has 0 spiro atoms. The fourth-order valence-electron chi connectivity index (χ4n) is 19.0. The normalized spacial score (nSPS) is 12.7. The molecule has 20 aromatic rings. The Morgan fingerprint density at radius 3 is 0.803 bits per heavy atom. The van der Waals surface area contributed by atoms with Gasteiger partial charge in [-0.3, -0.25) is 0 Å². The quantitative estimate of drug-likeness (QED) is 0.108. The first-order valence-electron chi connectivity index (χ1n) is 40.3. The fraction of sp³-hybridized carbons (Fsp3) is 0.0357. The number of anilines is 6. The molecule has 0 saturated carbocycles. The van der Waals surface area contributed by atoms with E-state index in [1.165, 1.54) is 145 Å². The first-order valence-corrected chi connectivity index (χ1v) is 40.3. The van der Waals surface area contributed by atoms with Crippen LogP contribution in [-0.4, -0.2) is 9.13 Å². The van der Waals surface area contributed by atoms with Crippen molar-refractivity contribution in [3.8, 4) is 78.1 Å². The lowest BCUT2D eigenvalue weighted by Crippen LogP contribution is -2.25. The van der Waals surface area contributed by atoms with Gasteiger partial charge in [0.15, 0.2) is 0 Å². The maximum absolute atomic E-state index is 13.9. The minimum Gasteiger partial charge on any atom is -0.310 e. The van der Waals surface area contributed by atoms with Crippen molar-refractivity contribution in [3.05, 3.63) is 482 Å². The molecule has 2 aliphatic rings. The molecule has 0 atom stereocenters. The van der Waals surface area contributed by atoms with E-state index in [4.69, 9.17) is 0 Å². The summed E-state index contributed by atoms with van der Waals surface area (Å²) in [5.41, 5.74) is 35.0. The summed E-state index contributed by atoms with van der Waals surface area (Å²) in [5.74, 6) is -0.237. The predicted octanol–water partition coefficient (Wildman–Crippen LogP) is 30.0. The Morgan fingerprint density at radius 1 is 0.205 bits per heavy atom. The van der Waals surface area contributed by atoms with Crippen LogP contribution in [-0.2, 0) is 10.8 Å². The van der Waals surface area contributed by atoms with Crippen LogP contribution in [0, 0.1) is 5.82 Å². The molecule has 0 unspecified atom stereocenters. The number of hydrogen-bond acceptors (Lipinski definition) is 2. The van der Waals surface area contributed by atoms with Crippen LogP contribution in [0.5, 0.6) is 0 Å². The average molecular weight is 1500 g/mol. The zero-order valence-corrected chi connectivity index (χ0v) is 64.8. The zero-order valence-electron chi connectivity index (χ0n) is 64.8. The van der Waals surface area contributed by atoms with Gasteiger partial charge in [0.1, 0.15) is 5.82 Å². The minimum absolute atomic E-state index is 0.237. The van der Waals surface area contributed by atoms with Crippen LogP contribution in [0.25, 0.3) is 122 Å². The van der Waals surface area contributed by atoms with E-state index in [9.17, 15) is 4.39 Å². The second-order valence-electron chi connectivity index (χ2n) is 31.0. The molecule has 5 heteroatoms. The minimum atomic E-state index is -0.398. The van der Waals surface area contributed by atoms with Gasteiger partial charge in [-0.05, 0) is 247 Å². The molecule has 554 valence electrons. The van der Waals surface area contributed by atoms with Gasteiger partial charge in [-0.2, -0.15) is 0 Å². The Balaban J connectivity index is 0.000000146. The summed E-state index contributed by atoms with van der Waals surface area (Å²) < 4.78 is 18.6. The molecule has 18 aromatic carbocycles. The van der Waals surface area contributed by atoms with E-state index in [1.807, 2.05) is 12.1 Å². The van der Waals surface area contributed by atoms with Crippen molar-refractivity contribution in [1.82, 2.24) is 9.13 Å². The summed E-state index contributed by atoms with van der Waals surface area (Å²) in [5, 5.41) is 4.97. The van der Waals surface area contributed by atoms with Crippen LogP contribution in [0.2, 0.25) is 0 Å². The molecule has 0 saturated heterocycles. The summed E-state index contributed by atoms with van der Waals surface area (Å²) in [6.45, 7) is 4.78. The van der Waals surface area contributed by atoms with E-state index in [2.05, 4.69) is 451 Å². The molecular weight excluding hydrogens is 1420 g/mol. The van der Waals surface area contributed by atoms with Crippen molar-refractivity contribution in [2.24, 2.45) is 0 Å². The van der Waals surface area contributed by atoms with Crippen molar-refractivity contribution in [2.45, 2.75) is 24.7 Å². The first kappa shape index (κ1) is 70.0. The molecule has 2 aliphatic carbocycles. The smallest absolute Gasteiger partial charge is 0.123 e. The molecule has 2 heterocycles. The van der Waals surface area contributed by atoms with E-state index in [-0.39, 0.29) is 11.2 Å². The Hall–Kier alpha value is -14.9. The SMILES string of the molecule is CC1(c2ccccc2N(c2ccc(-c3ccc(F)cc3)cc2)c2ccc(-c3ccc4c(c3)c3ccccc3n4-c3ccccc3)cc2)c2ccccc2-c2ccccc21.CC1(c2ccccc2N(c2ccc(-c3ccccc3)cc2)c2ccc(-c3ccc4c(c3)c3ccccc3n4-c3ccccc3)cc2)c2ccccc2-c2ccccc21. The maximum atomic E-state index is 13.9. The van der Waals surface area contributed by atoms with Crippen LogP contribution < -0.4 is 9.80 Å². The number of hydrogen-bond donors (Lipinski definition) is 0. The van der Waals surface area contributed by atoms with E-state index < -0.39 is 5.41 Å². The highest BCUT2D eigenvalue weighted by molar-refractivity contribution is 6.12. The van der Waals surface area contributed by atoms with E-state index in [1.54, 1.807) is 0 Å². The zero-order chi connectivity index (χ0) is 78.1. The van der Waals surface area contributed by atoms with Gasteiger partial charge in [-0.15, -0.1) is 0 Å². The predicted molar refractivity (Wildman–Crippen MR) is 487 cm³/mol. The molecule has 117 heavy (non-hydrogen) atoms. The molecule has 0 fully saturated rings. The molecule has 22 rings (SSSR count). The number of benzene rings is 18. The molecule has 4 nitrogen and oxygen atoms in total.